The molecule has 2 aromatic rings. The highest BCUT2D eigenvalue weighted by molar-refractivity contribution is 7.89. The summed E-state index contributed by atoms with van der Waals surface area (Å²) < 4.78 is 32.2. The molecule has 0 spiro atoms. The first-order valence-corrected chi connectivity index (χ1v) is 8.36. The first-order valence-electron chi connectivity index (χ1n) is 6.88. The summed E-state index contributed by atoms with van der Waals surface area (Å²) in [6.45, 7) is 4.99. The molecule has 5 nitrogen and oxygen atoms in total. The van der Waals surface area contributed by atoms with E-state index in [9.17, 15) is 8.42 Å². The van der Waals surface area contributed by atoms with Gasteiger partial charge in [-0.3, -0.25) is 0 Å². The molecular weight excluding hydrogens is 288 g/mol. The number of furan rings is 1. The van der Waals surface area contributed by atoms with E-state index in [0.717, 1.165) is 12.1 Å². The van der Waals surface area contributed by atoms with Crippen molar-refractivity contribution in [3.8, 4) is 0 Å². The van der Waals surface area contributed by atoms with Gasteiger partial charge in [-0.1, -0.05) is 19.1 Å². The number of nitrogens with one attached hydrogen (secondary N) is 2. The van der Waals surface area contributed by atoms with Crippen LogP contribution in [0.25, 0.3) is 0 Å². The predicted octanol–water partition coefficient (Wildman–Crippen LogP) is 2.43. The van der Waals surface area contributed by atoms with Gasteiger partial charge in [-0.15, -0.1) is 0 Å². The lowest BCUT2D eigenvalue weighted by Gasteiger charge is -2.14. The molecule has 0 radical (unpaired) electrons. The summed E-state index contributed by atoms with van der Waals surface area (Å²) in [6, 6.07) is 10.5. The van der Waals surface area contributed by atoms with Gasteiger partial charge in [0, 0.05) is 6.04 Å². The van der Waals surface area contributed by atoms with Crippen LogP contribution < -0.4 is 10.0 Å². The average Bonchev–Trinajstić information content (AvgIpc) is 2.99. The van der Waals surface area contributed by atoms with Crippen LogP contribution in [0, 0.1) is 0 Å². The quantitative estimate of drug-likeness (QED) is 0.824. The molecule has 1 atom stereocenters. The molecule has 0 bridgehead atoms. The van der Waals surface area contributed by atoms with E-state index < -0.39 is 10.0 Å². The molecular formula is C15H20N2O3S. The maximum Gasteiger partial charge on any atom is 0.240 e. The first-order chi connectivity index (χ1) is 10.0. The van der Waals surface area contributed by atoms with E-state index in [1.807, 2.05) is 19.9 Å². The second-order valence-corrected chi connectivity index (χ2v) is 6.52. The molecule has 1 aromatic heterocycles. The minimum atomic E-state index is -3.55. The molecule has 0 aliphatic heterocycles. The second kappa shape index (κ2) is 6.89. The van der Waals surface area contributed by atoms with Crippen molar-refractivity contribution in [2.24, 2.45) is 0 Å². The van der Waals surface area contributed by atoms with Gasteiger partial charge in [0.05, 0.1) is 17.7 Å². The van der Waals surface area contributed by atoms with Gasteiger partial charge in [0.2, 0.25) is 10.0 Å². The molecule has 114 valence electrons. The van der Waals surface area contributed by atoms with Gasteiger partial charge in [0.15, 0.2) is 0 Å². The third-order valence-electron chi connectivity index (χ3n) is 3.20. The average molecular weight is 308 g/mol. The zero-order chi connectivity index (χ0) is 15.3. The van der Waals surface area contributed by atoms with Crippen LogP contribution in [-0.2, 0) is 16.6 Å². The molecule has 6 heteroatoms. The SMILES string of the molecule is CCNC(C)c1cccc(S(=O)(=O)NCc2ccco2)c1. The predicted molar refractivity (Wildman–Crippen MR) is 81.3 cm³/mol. The Labute approximate surface area is 125 Å². The molecule has 1 unspecified atom stereocenters. The largest absolute Gasteiger partial charge is 0.468 e. The molecule has 1 heterocycles. The minimum Gasteiger partial charge on any atom is -0.468 e. The molecule has 0 saturated heterocycles. The fraction of sp³-hybridized carbons (Fsp3) is 0.333. The smallest absolute Gasteiger partial charge is 0.240 e. The molecule has 2 N–H and O–H groups in total. The summed E-state index contributed by atoms with van der Waals surface area (Å²) in [5, 5.41) is 3.26. The maximum absolute atomic E-state index is 12.3. The second-order valence-electron chi connectivity index (χ2n) is 4.76. The molecule has 1 aromatic carbocycles. The molecule has 2 rings (SSSR count). The highest BCUT2D eigenvalue weighted by Gasteiger charge is 2.16. The number of hydrogen-bond acceptors (Lipinski definition) is 4. The van der Waals surface area contributed by atoms with Crippen LogP contribution in [0.15, 0.2) is 52.0 Å². The Morgan fingerprint density at radius 2 is 2.05 bits per heavy atom. The minimum absolute atomic E-state index is 0.107. The maximum atomic E-state index is 12.3. The van der Waals surface area contributed by atoms with E-state index in [4.69, 9.17) is 4.42 Å². The Morgan fingerprint density at radius 1 is 1.24 bits per heavy atom. The number of benzene rings is 1. The van der Waals surface area contributed by atoms with Gasteiger partial charge >= 0.3 is 0 Å². The standard InChI is InChI=1S/C15H20N2O3S/c1-3-16-12(2)13-6-4-8-15(10-13)21(18,19)17-11-14-7-5-9-20-14/h4-10,12,16-17H,3,11H2,1-2H3. The van der Waals surface area contributed by atoms with Gasteiger partial charge in [-0.2, -0.15) is 0 Å². The van der Waals surface area contributed by atoms with E-state index in [1.165, 1.54) is 6.26 Å². The van der Waals surface area contributed by atoms with Crippen molar-refractivity contribution in [2.45, 2.75) is 31.3 Å². The lowest BCUT2D eigenvalue weighted by atomic mass is 10.1. The number of hydrogen-bond donors (Lipinski definition) is 2. The first kappa shape index (κ1) is 15.8. The van der Waals surface area contributed by atoms with Crippen LogP contribution in [0.3, 0.4) is 0 Å². The highest BCUT2D eigenvalue weighted by atomic mass is 32.2. The molecule has 21 heavy (non-hydrogen) atoms. The van der Waals surface area contributed by atoms with Crippen molar-refractivity contribution in [1.82, 2.24) is 10.0 Å². The van der Waals surface area contributed by atoms with Crippen molar-refractivity contribution in [2.75, 3.05) is 6.54 Å². The fourth-order valence-corrected chi connectivity index (χ4v) is 3.09. The molecule has 0 saturated carbocycles. The Morgan fingerprint density at radius 3 is 2.71 bits per heavy atom. The summed E-state index contributed by atoms with van der Waals surface area (Å²) >= 11 is 0. The zero-order valence-electron chi connectivity index (χ0n) is 12.2. The van der Waals surface area contributed by atoms with Crippen molar-refractivity contribution < 1.29 is 12.8 Å². The van der Waals surface area contributed by atoms with Crippen LogP contribution in [0.5, 0.6) is 0 Å². The Bertz CT molecular complexity index is 666. The summed E-state index contributed by atoms with van der Waals surface area (Å²) in [7, 11) is -3.55. The fourth-order valence-electron chi connectivity index (χ4n) is 2.04. The van der Waals surface area contributed by atoms with E-state index in [0.29, 0.717) is 5.76 Å². The highest BCUT2D eigenvalue weighted by Crippen LogP contribution is 2.17. The van der Waals surface area contributed by atoms with Crippen LogP contribution in [0.2, 0.25) is 0 Å². The molecule has 0 amide bonds. The normalized spacial score (nSPS) is 13.2. The number of rotatable bonds is 7. The van der Waals surface area contributed by atoms with Crippen molar-refractivity contribution in [3.05, 3.63) is 54.0 Å². The Balaban J connectivity index is 2.14. The third kappa shape index (κ3) is 4.17. The van der Waals surface area contributed by atoms with Crippen LogP contribution >= 0.6 is 0 Å². The topological polar surface area (TPSA) is 71.3 Å². The third-order valence-corrected chi connectivity index (χ3v) is 4.59. The van der Waals surface area contributed by atoms with Crippen molar-refractivity contribution >= 4 is 10.0 Å². The summed E-state index contributed by atoms with van der Waals surface area (Å²) in [6.07, 6.45) is 1.52. The van der Waals surface area contributed by atoms with E-state index in [1.54, 1.807) is 30.3 Å². The monoisotopic (exact) mass is 308 g/mol. The zero-order valence-corrected chi connectivity index (χ0v) is 13.0. The number of sulfonamides is 1. The van der Waals surface area contributed by atoms with Crippen LogP contribution in [0.4, 0.5) is 0 Å². The lowest BCUT2D eigenvalue weighted by Crippen LogP contribution is -2.23. The van der Waals surface area contributed by atoms with Crippen LogP contribution in [-0.4, -0.2) is 15.0 Å². The summed E-state index contributed by atoms with van der Waals surface area (Å²) in [5.41, 5.74) is 0.942. The molecule has 0 aliphatic carbocycles. The van der Waals surface area contributed by atoms with Gasteiger partial charge in [0.1, 0.15) is 5.76 Å². The Hall–Kier alpha value is -1.63. The van der Waals surface area contributed by atoms with Gasteiger partial charge in [-0.05, 0) is 43.3 Å². The molecule has 0 fully saturated rings. The van der Waals surface area contributed by atoms with E-state index in [-0.39, 0.29) is 17.5 Å². The molecule has 0 aliphatic rings. The lowest BCUT2D eigenvalue weighted by molar-refractivity contribution is 0.498. The summed E-state index contributed by atoms with van der Waals surface area (Å²) in [5.74, 6) is 0.579. The van der Waals surface area contributed by atoms with Gasteiger partial charge in [-0.25, -0.2) is 13.1 Å². The Kier molecular flexibility index (Phi) is 5.17. The van der Waals surface area contributed by atoms with Crippen LogP contribution in [0.1, 0.15) is 31.2 Å². The van der Waals surface area contributed by atoms with Gasteiger partial charge < -0.3 is 9.73 Å². The van der Waals surface area contributed by atoms with E-state index in [2.05, 4.69) is 10.0 Å². The van der Waals surface area contributed by atoms with Crippen molar-refractivity contribution in [1.29, 1.82) is 0 Å². The van der Waals surface area contributed by atoms with Gasteiger partial charge in [0.25, 0.3) is 0 Å². The summed E-state index contributed by atoms with van der Waals surface area (Å²) in [4.78, 5) is 0.260. The van der Waals surface area contributed by atoms with Crippen molar-refractivity contribution in [3.63, 3.8) is 0 Å². The van der Waals surface area contributed by atoms with E-state index >= 15 is 0 Å².